The first-order valence-electron chi connectivity index (χ1n) is 2.02. The van der Waals surface area contributed by atoms with E-state index in [1.54, 1.807) is 0 Å². The monoisotopic (exact) mass is 106 g/mol. The largest absolute Gasteiger partial charge is 0.381 e. The maximum atomic E-state index is 8.29. The van der Waals surface area contributed by atoms with Gasteiger partial charge in [0.15, 0.2) is 0 Å². The summed E-state index contributed by atoms with van der Waals surface area (Å²) in [5.74, 6) is 0. The molecule has 0 aromatic carbocycles. The van der Waals surface area contributed by atoms with Crippen LogP contribution >= 0.6 is 0 Å². The zero-order valence-electron chi connectivity index (χ0n) is 3.96. The van der Waals surface area contributed by atoms with Crippen LogP contribution in [0, 0.1) is 0 Å². The van der Waals surface area contributed by atoms with Gasteiger partial charge in [0, 0.05) is 6.54 Å². The highest BCUT2D eigenvalue weighted by molar-refractivity contribution is 4.44. The van der Waals surface area contributed by atoms with Crippen LogP contribution in [0.4, 0.5) is 0 Å². The van der Waals surface area contributed by atoms with E-state index in [1.807, 2.05) is 0 Å². The average molecular weight is 106 g/mol. The molecule has 0 fully saturated rings. The van der Waals surface area contributed by atoms with Crippen molar-refractivity contribution in [2.75, 3.05) is 13.3 Å². The standard InChI is InChI=1S/C3H10N2O2/c4-3(7)1-5-2-6/h3,5-7H,1-2,4H2. The second-order valence-electron chi connectivity index (χ2n) is 1.18. The first-order chi connectivity index (χ1) is 3.27. The quantitative estimate of drug-likeness (QED) is 0.308. The second-order valence-corrected chi connectivity index (χ2v) is 1.18. The van der Waals surface area contributed by atoms with Gasteiger partial charge in [-0.25, -0.2) is 0 Å². The van der Waals surface area contributed by atoms with Crippen molar-refractivity contribution in [3.05, 3.63) is 0 Å². The van der Waals surface area contributed by atoms with E-state index >= 15 is 0 Å². The zero-order valence-corrected chi connectivity index (χ0v) is 3.96. The minimum atomic E-state index is -0.868. The molecular formula is C3H10N2O2. The van der Waals surface area contributed by atoms with E-state index in [9.17, 15) is 0 Å². The van der Waals surface area contributed by atoms with E-state index in [1.165, 1.54) is 0 Å². The molecule has 1 atom stereocenters. The molecule has 44 valence electrons. The van der Waals surface area contributed by atoms with Crippen molar-refractivity contribution in [3.8, 4) is 0 Å². The van der Waals surface area contributed by atoms with Crippen LogP contribution in [0.15, 0.2) is 0 Å². The van der Waals surface area contributed by atoms with Gasteiger partial charge in [-0.2, -0.15) is 0 Å². The van der Waals surface area contributed by atoms with Crippen molar-refractivity contribution in [2.45, 2.75) is 6.23 Å². The molecule has 0 aromatic rings. The third kappa shape index (κ3) is 5.84. The lowest BCUT2D eigenvalue weighted by molar-refractivity contribution is 0.159. The smallest absolute Gasteiger partial charge is 0.115 e. The molecule has 1 unspecified atom stereocenters. The summed E-state index contributed by atoms with van der Waals surface area (Å²) in [7, 11) is 0. The molecule has 4 nitrogen and oxygen atoms in total. The summed E-state index contributed by atoms with van der Waals surface area (Å²) in [6, 6.07) is 0. The first kappa shape index (κ1) is 6.84. The van der Waals surface area contributed by atoms with Crippen LogP contribution < -0.4 is 11.1 Å². The number of hydrogen-bond acceptors (Lipinski definition) is 4. The van der Waals surface area contributed by atoms with Gasteiger partial charge in [0.05, 0.1) is 6.73 Å². The van der Waals surface area contributed by atoms with Gasteiger partial charge in [0.1, 0.15) is 6.23 Å². The minimum Gasteiger partial charge on any atom is -0.381 e. The Bertz CT molecular complexity index is 39.9. The molecule has 0 aliphatic rings. The summed E-state index contributed by atoms with van der Waals surface area (Å²) in [4.78, 5) is 0. The summed E-state index contributed by atoms with van der Waals surface area (Å²) in [6.45, 7) is 0.0881. The molecule has 0 saturated heterocycles. The number of rotatable bonds is 3. The minimum absolute atomic E-state index is 0.145. The maximum Gasteiger partial charge on any atom is 0.115 e. The second kappa shape index (κ2) is 4.01. The van der Waals surface area contributed by atoms with E-state index in [0.29, 0.717) is 0 Å². The fraction of sp³-hybridized carbons (Fsp3) is 1.00. The Morgan fingerprint density at radius 3 is 2.43 bits per heavy atom. The van der Waals surface area contributed by atoms with Gasteiger partial charge in [-0.15, -0.1) is 0 Å². The molecular weight excluding hydrogens is 96.0 g/mol. The summed E-state index contributed by atoms with van der Waals surface area (Å²) >= 11 is 0. The van der Waals surface area contributed by atoms with Gasteiger partial charge >= 0.3 is 0 Å². The fourth-order valence-electron chi connectivity index (χ4n) is 0.212. The van der Waals surface area contributed by atoms with Crippen molar-refractivity contribution in [1.29, 1.82) is 0 Å². The highest BCUT2D eigenvalue weighted by Crippen LogP contribution is 1.59. The molecule has 0 heterocycles. The van der Waals surface area contributed by atoms with Crippen molar-refractivity contribution in [2.24, 2.45) is 5.73 Å². The van der Waals surface area contributed by atoms with Gasteiger partial charge in [-0.05, 0) is 0 Å². The van der Waals surface area contributed by atoms with Gasteiger partial charge in [0.2, 0.25) is 0 Å². The highest BCUT2D eigenvalue weighted by Gasteiger charge is 1.89. The average Bonchev–Trinajstić information content (AvgIpc) is 1.61. The van der Waals surface area contributed by atoms with Gasteiger partial charge in [-0.1, -0.05) is 0 Å². The van der Waals surface area contributed by atoms with Crippen molar-refractivity contribution in [3.63, 3.8) is 0 Å². The normalized spacial score (nSPS) is 14.1. The predicted molar refractivity (Wildman–Crippen MR) is 25.3 cm³/mol. The molecule has 0 bridgehead atoms. The molecule has 0 aliphatic heterocycles. The van der Waals surface area contributed by atoms with Crippen molar-refractivity contribution in [1.82, 2.24) is 5.32 Å². The Morgan fingerprint density at radius 1 is 1.71 bits per heavy atom. The summed E-state index contributed by atoms with van der Waals surface area (Å²) in [6.07, 6.45) is -0.868. The molecule has 0 aliphatic carbocycles. The lowest BCUT2D eigenvalue weighted by Gasteiger charge is -2.01. The molecule has 7 heavy (non-hydrogen) atoms. The molecule has 0 saturated carbocycles. The maximum absolute atomic E-state index is 8.29. The van der Waals surface area contributed by atoms with Gasteiger partial charge in [0.25, 0.3) is 0 Å². The summed E-state index contributed by atoms with van der Waals surface area (Å²) in [5.41, 5.74) is 4.86. The number of hydrogen-bond donors (Lipinski definition) is 4. The van der Waals surface area contributed by atoms with Crippen LogP contribution in [0.5, 0.6) is 0 Å². The van der Waals surface area contributed by atoms with E-state index in [2.05, 4.69) is 5.32 Å². The number of nitrogens with one attached hydrogen (secondary N) is 1. The SMILES string of the molecule is NC(O)CNCO. The first-order valence-corrected chi connectivity index (χ1v) is 2.02. The van der Waals surface area contributed by atoms with Crippen LogP contribution in [0.1, 0.15) is 0 Å². The molecule has 5 N–H and O–H groups in total. The number of nitrogens with two attached hydrogens (primary N) is 1. The van der Waals surface area contributed by atoms with E-state index in [0.717, 1.165) is 0 Å². The Kier molecular flexibility index (Phi) is 3.92. The topological polar surface area (TPSA) is 78.5 Å². The van der Waals surface area contributed by atoms with Gasteiger partial charge < -0.3 is 15.9 Å². The van der Waals surface area contributed by atoms with Crippen LogP contribution in [0.2, 0.25) is 0 Å². The molecule has 0 aromatic heterocycles. The van der Waals surface area contributed by atoms with Crippen LogP contribution in [0.3, 0.4) is 0 Å². The van der Waals surface area contributed by atoms with Crippen LogP contribution in [-0.4, -0.2) is 29.7 Å². The molecule has 0 radical (unpaired) electrons. The predicted octanol–water partition coefficient (Wildman–Crippen LogP) is -2.20. The molecule has 0 amide bonds. The van der Waals surface area contributed by atoms with Crippen LogP contribution in [-0.2, 0) is 0 Å². The van der Waals surface area contributed by atoms with Crippen molar-refractivity contribution < 1.29 is 10.2 Å². The zero-order chi connectivity index (χ0) is 5.70. The molecule has 4 heteroatoms. The molecule has 0 spiro atoms. The fourth-order valence-corrected chi connectivity index (χ4v) is 0.212. The summed E-state index contributed by atoms with van der Waals surface area (Å²) < 4.78 is 0. The number of aliphatic hydroxyl groups is 2. The summed E-state index contributed by atoms with van der Waals surface area (Å²) in [5, 5.41) is 18.8. The highest BCUT2D eigenvalue weighted by atomic mass is 16.3. The Balaban J connectivity index is 2.68. The van der Waals surface area contributed by atoms with E-state index in [4.69, 9.17) is 15.9 Å². The van der Waals surface area contributed by atoms with Crippen LogP contribution in [0.25, 0.3) is 0 Å². The lowest BCUT2D eigenvalue weighted by atomic mass is 10.6. The van der Waals surface area contributed by atoms with E-state index in [-0.39, 0.29) is 13.3 Å². The molecule has 0 rings (SSSR count). The van der Waals surface area contributed by atoms with E-state index < -0.39 is 6.23 Å². The third-order valence-electron chi connectivity index (χ3n) is 0.465. The van der Waals surface area contributed by atoms with Gasteiger partial charge in [-0.3, -0.25) is 5.32 Å². The lowest BCUT2D eigenvalue weighted by Crippen LogP contribution is -2.33. The number of aliphatic hydroxyl groups excluding tert-OH is 2. The Morgan fingerprint density at radius 2 is 2.29 bits per heavy atom. The van der Waals surface area contributed by atoms with Crippen molar-refractivity contribution >= 4 is 0 Å². The Hall–Kier alpha value is -0.160. The Labute approximate surface area is 41.9 Å². The third-order valence-corrected chi connectivity index (χ3v) is 0.465.